The van der Waals surface area contributed by atoms with Crippen LogP contribution in [0.25, 0.3) is 11.0 Å². The van der Waals surface area contributed by atoms with Crippen molar-refractivity contribution >= 4 is 26.7 Å². The first-order valence-electron chi connectivity index (χ1n) is 10.5. The Kier molecular flexibility index (Phi) is 4.55. The molecule has 31 heavy (non-hydrogen) atoms. The van der Waals surface area contributed by atoms with E-state index in [0.717, 1.165) is 11.1 Å². The topological polar surface area (TPSA) is 84.7 Å². The molecule has 0 unspecified atom stereocenters. The van der Waals surface area contributed by atoms with Crippen molar-refractivity contribution in [1.29, 1.82) is 0 Å². The molecule has 0 aliphatic carbocycles. The van der Waals surface area contributed by atoms with Crippen LogP contribution >= 0.6 is 0 Å². The third-order valence-corrected chi connectivity index (χ3v) is 8.08. The predicted octanol–water partition coefficient (Wildman–Crippen LogP) is 3.65. The molecular weight excluding hydrogens is 414 g/mol. The van der Waals surface area contributed by atoms with Gasteiger partial charge in [0, 0.05) is 6.04 Å². The monoisotopic (exact) mass is 437 g/mol. The van der Waals surface area contributed by atoms with Gasteiger partial charge in [-0.25, -0.2) is 8.42 Å². The Morgan fingerprint density at radius 1 is 1.03 bits per heavy atom. The molecule has 1 fully saturated rings. The summed E-state index contributed by atoms with van der Waals surface area (Å²) in [4.78, 5) is 28.5. The molecule has 0 spiro atoms. The number of fused-ring (bicyclic) bond motifs is 2. The van der Waals surface area contributed by atoms with Crippen LogP contribution in [-0.2, 0) is 9.84 Å². The van der Waals surface area contributed by atoms with E-state index in [1.807, 2.05) is 24.3 Å². The van der Waals surface area contributed by atoms with E-state index in [2.05, 4.69) is 13.8 Å². The first-order valence-corrected chi connectivity index (χ1v) is 12.3. The van der Waals surface area contributed by atoms with Gasteiger partial charge in [0.05, 0.1) is 28.5 Å². The summed E-state index contributed by atoms with van der Waals surface area (Å²) < 4.78 is 30.3. The average molecular weight is 438 g/mol. The summed E-state index contributed by atoms with van der Waals surface area (Å²) in [7, 11) is -3.22. The molecule has 1 aromatic heterocycles. The van der Waals surface area contributed by atoms with Crippen LogP contribution in [0.1, 0.15) is 59.5 Å². The number of hydrogen-bond donors (Lipinski definition) is 0. The van der Waals surface area contributed by atoms with Gasteiger partial charge in [-0.3, -0.25) is 9.59 Å². The molecule has 7 heteroatoms. The maximum Gasteiger partial charge on any atom is 0.291 e. The van der Waals surface area contributed by atoms with Crippen LogP contribution in [0.2, 0.25) is 0 Å². The Morgan fingerprint density at radius 3 is 2.39 bits per heavy atom. The van der Waals surface area contributed by atoms with Crippen molar-refractivity contribution in [3.05, 3.63) is 81.2 Å². The SMILES string of the molecule is CC(C)c1ccc([C@H]2c3c(oc4ccccc4c3=O)C(=O)N2[C@@H]2CCS(=O)(=O)C2)cc1. The maximum atomic E-state index is 13.5. The van der Waals surface area contributed by atoms with E-state index < -0.39 is 27.8 Å². The van der Waals surface area contributed by atoms with E-state index >= 15 is 0 Å². The molecule has 2 aromatic carbocycles. The summed E-state index contributed by atoms with van der Waals surface area (Å²) in [6.45, 7) is 4.19. The lowest BCUT2D eigenvalue weighted by atomic mass is 9.94. The minimum absolute atomic E-state index is 0.0194. The number of benzene rings is 2. The van der Waals surface area contributed by atoms with Crippen LogP contribution in [0.15, 0.2) is 57.7 Å². The van der Waals surface area contributed by atoms with E-state index in [1.165, 1.54) is 0 Å². The number of sulfone groups is 1. The van der Waals surface area contributed by atoms with Gasteiger partial charge in [0.1, 0.15) is 5.58 Å². The second-order valence-corrected chi connectivity index (χ2v) is 10.9. The fourth-order valence-electron chi connectivity index (χ4n) is 4.70. The van der Waals surface area contributed by atoms with Gasteiger partial charge < -0.3 is 9.32 Å². The summed E-state index contributed by atoms with van der Waals surface area (Å²) in [5.74, 6) is -0.110. The summed E-state index contributed by atoms with van der Waals surface area (Å²) in [5, 5.41) is 0.416. The highest BCUT2D eigenvalue weighted by molar-refractivity contribution is 7.91. The van der Waals surface area contributed by atoms with E-state index in [9.17, 15) is 18.0 Å². The fraction of sp³-hybridized carbons (Fsp3) is 0.333. The number of hydrogen-bond acceptors (Lipinski definition) is 5. The van der Waals surface area contributed by atoms with Crippen molar-refractivity contribution in [2.24, 2.45) is 0 Å². The van der Waals surface area contributed by atoms with Gasteiger partial charge in [0.15, 0.2) is 15.3 Å². The van der Waals surface area contributed by atoms with Crippen LogP contribution in [0.5, 0.6) is 0 Å². The van der Waals surface area contributed by atoms with Gasteiger partial charge in [-0.15, -0.1) is 0 Å². The van der Waals surface area contributed by atoms with Crippen molar-refractivity contribution in [3.63, 3.8) is 0 Å². The van der Waals surface area contributed by atoms with Crippen molar-refractivity contribution in [1.82, 2.24) is 4.90 Å². The van der Waals surface area contributed by atoms with Crippen LogP contribution in [0.4, 0.5) is 0 Å². The number of rotatable bonds is 3. The lowest BCUT2D eigenvalue weighted by Crippen LogP contribution is -2.40. The Morgan fingerprint density at radius 2 is 1.74 bits per heavy atom. The lowest BCUT2D eigenvalue weighted by molar-refractivity contribution is 0.0662. The van der Waals surface area contributed by atoms with E-state index in [4.69, 9.17) is 4.42 Å². The standard InChI is InChI=1S/C24H23NO5S/c1-14(2)15-7-9-16(10-8-15)21-20-22(26)18-5-3-4-6-19(18)30-23(20)24(27)25(21)17-11-12-31(28,29)13-17/h3-10,14,17,21H,11-13H2,1-2H3/t17-,21+/m1/s1. The van der Waals surface area contributed by atoms with E-state index in [0.29, 0.717) is 28.9 Å². The van der Waals surface area contributed by atoms with Crippen LogP contribution in [0, 0.1) is 0 Å². The minimum atomic E-state index is -3.22. The molecule has 0 radical (unpaired) electrons. The summed E-state index contributed by atoms with van der Waals surface area (Å²) in [6, 6.07) is 13.5. The quantitative estimate of drug-likeness (QED) is 0.624. The molecule has 2 aliphatic heterocycles. The van der Waals surface area contributed by atoms with Gasteiger partial charge >= 0.3 is 0 Å². The van der Waals surface area contributed by atoms with Gasteiger partial charge in [-0.2, -0.15) is 0 Å². The zero-order chi connectivity index (χ0) is 21.9. The highest BCUT2D eigenvalue weighted by Crippen LogP contribution is 2.41. The van der Waals surface area contributed by atoms with E-state index in [1.54, 1.807) is 29.2 Å². The van der Waals surface area contributed by atoms with Gasteiger partial charge in [-0.05, 0) is 35.6 Å². The van der Waals surface area contributed by atoms with Crippen molar-refractivity contribution in [2.45, 2.75) is 38.3 Å². The smallest absolute Gasteiger partial charge is 0.291 e. The Bertz CT molecular complexity index is 1350. The molecule has 3 aromatic rings. The van der Waals surface area contributed by atoms with Crippen molar-refractivity contribution in [2.75, 3.05) is 11.5 Å². The molecule has 3 heterocycles. The number of para-hydroxylation sites is 1. The Balaban J connectivity index is 1.72. The normalized spacial score (nSPS) is 22.4. The molecule has 0 bridgehead atoms. The van der Waals surface area contributed by atoms with Crippen molar-refractivity contribution in [3.8, 4) is 0 Å². The molecule has 6 nitrogen and oxygen atoms in total. The third-order valence-electron chi connectivity index (χ3n) is 6.33. The molecule has 0 N–H and O–H groups in total. The zero-order valence-electron chi connectivity index (χ0n) is 17.4. The van der Waals surface area contributed by atoms with E-state index in [-0.39, 0.29) is 22.7 Å². The summed E-state index contributed by atoms with van der Waals surface area (Å²) in [5.41, 5.74) is 2.34. The maximum absolute atomic E-state index is 13.5. The number of carbonyl (C=O) groups is 1. The zero-order valence-corrected chi connectivity index (χ0v) is 18.2. The fourth-order valence-corrected chi connectivity index (χ4v) is 6.41. The molecule has 1 saturated heterocycles. The molecule has 160 valence electrons. The predicted molar refractivity (Wildman–Crippen MR) is 118 cm³/mol. The number of nitrogens with zero attached hydrogens (tertiary/aromatic N) is 1. The number of amides is 1. The second kappa shape index (κ2) is 7.05. The number of carbonyl (C=O) groups excluding carboxylic acids is 1. The highest BCUT2D eigenvalue weighted by Gasteiger charge is 2.48. The van der Waals surface area contributed by atoms with Crippen LogP contribution in [0.3, 0.4) is 0 Å². The minimum Gasteiger partial charge on any atom is -0.450 e. The summed E-state index contributed by atoms with van der Waals surface area (Å²) >= 11 is 0. The average Bonchev–Trinajstić information content (AvgIpc) is 3.25. The van der Waals surface area contributed by atoms with Crippen molar-refractivity contribution < 1.29 is 17.6 Å². The van der Waals surface area contributed by atoms with Gasteiger partial charge in [0.25, 0.3) is 5.91 Å². The first kappa shape index (κ1) is 20.0. The Hall–Kier alpha value is -2.93. The largest absolute Gasteiger partial charge is 0.450 e. The molecule has 1 amide bonds. The Labute approximate surface area is 180 Å². The van der Waals surface area contributed by atoms with Gasteiger partial charge in [-0.1, -0.05) is 50.2 Å². The van der Waals surface area contributed by atoms with Crippen LogP contribution in [-0.4, -0.2) is 36.8 Å². The van der Waals surface area contributed by atoms with Gasteiger partial charge in [0.2, 0.25) is 5.76 Å². The highest BCUT2D eigenvalue weighted by atomic mass is 32.2. The molecule has 2 atom stereocenters. The molecule has 5 rings (SSSR count). The molecule has 2 aliphatic rings. The third kappa shape index (κ3) is 3.19. The first-order chi connectivity index (χ1) is 14.8. The second-order valence-electron chi connectivity index (χ2n) is 8.66. The van der Waals surface area contributed by atoms with Crippen LogP contribution < -0.4 is 5.43 Å². The molecule has 0 saturated carbocycles. The summed E-state index contributed by atoms with van der Waals surface area (Å²) in [6.07, 6.45) is 0.357. The lowest BCUT2D eigenvalue weighted by Gasteiger charge is -2.30. The molecular formula is C24H23NO5S.